The minimum absolute atomic E-state index is 0.540. The fourth-order valence-electron chi connectivity index (χ4n) is 2.25. The molecule has 1 atom stereocenters. The lowest BCUT2D eigenvalue weighted by Gasteiger charge is -2.17. The molecule has 0 spiro atoms. The van der Waals surface area contributed by atoms with Crippen LogP contribution in [0.3, 0.4) is 0 Å². The average Bonchev–Trinajstić information content (AvgIpc) is 2.50. The van der Waals surface area contributed by atoms with Gasteiger partial charge >= 0.3 is 5.97 Å². The van der Waals surface area contributed by atoms with Gasteiger partial charge in [0.2, 0.25) is 0 Å². The number of nitrogens with zero attached hydrogens (tertiary/aromatic N) is 3. The molecule has 0 saturated carbocycles. The van der Waals surface area contributed by atoms with Gasteiger partial charge in [-0.15, -0.1) is 0 Å². The van der Waals surface area contributed by atoms with E-state index < -0.39 is 12.0 Å². The molecule has 2 rings (SSSR count). The molecule has 0 bridgehead atoms. The summed E-state index contributed by atoms with van der Waals surface area (Å²) in [6.07, 6.45) is 2.51. The number of carbonyl (C=O) groups is 1. The third kappa shape index (κ3) is 4.80. The Kier molecular flexibility index (Phi) is 6.18. The van der Waals surface area contributed by atoms with Gasteiger partial charge in [0.1, 0.15) is 17.7 Å². The van der Waals surface area contributed by atoms with Crippen molar-refractivity contribution >= 4 is 34.5 Å². The number of nitrogens with one attached hydrogen (secondary N) is 1. The highest BCUT2D eigenvalue weighted by Gasteiger charge is 2.19. The van der Waals surface area contributed by atoms with Crippen molar-refractivity contribution < 1.29 is 9.90 Å². The molecule has 1 aromatic carbocycles. The van der Waals surface area contributed by atoms with E-state index in [-0.39, 0.29) is 0 Å². The van der Waals surface area contributed by atoms with Gasteiger partial charge in [-0.2, -0.15) is 11.8 Å². The normalized spacial score (nSPS) is 12.5. The van der Waals surface area contributed by atoms with E-state index in [1.807, 2.05) is 49.5 Å². The zero-order chi connectivity index (χ0) is 16.8. The Hall–Kier alpha value is -1.86. The van der Waals surface area contributed by atoms with E-state index in [0.717, 1.165) is 16.7 Å². The molecular weight excluding hydrogens is 312 g/mol. The molecule has 1 aromatic heterocycles. The maximum Gasteiger partial charge on any atom is 0.326 e. The highest BCUT2D eigenvalue weighted by atomic mass is 32.2. The van der Waals surface area contributed by atoms with Gasteiger partial charge in [-0.3, -0.25) is 0 Å². The van der Waals surface area contributed by atoms with Crippen LogP contribution in [0.4, 0.5) is 5.82 Å². The Morgan fingerprint density at radius 2 is 2.09 bits per heavy atom. The predicted octanol–water partition coefficient (Wildman–Crippen LogP) is 2.31. The smallest absolute Gasteiger partial charge is 0.326 e. The van der Waals surface area contributed by atoms with Crippen molar-refractivity contribution in [1.29, 1.82) is 0 Å². The lowest BCUT2D eigenvalue weighted by atomic mass is 10.2. The molecule has 0 aliphatic rings. The number of para-hydroxylation sites is 1. The van der Waals surface area contributed by atoms with Gasteiger partial charge in [0.15, 0.2) is 0 Å². The van der Waals surface area contributed by atoms with Crippen LogP contribution in [0.2, 0.25) is 0 Å². The summed E-state index contributed by atoms with van der Waals surface area (Å²) in [5.74, 6) is 1.17. The van der Waals surface area contributed by atoms with E-state index in [1.54, 1.807) is 11.8 Å². The van der Waals surface area contributed by atoms with Gasteiger partial charge in [0, 0.05) is 5.39 Å². The van der Waals surface area contributed by atoms with Gasteiger partial charge in [0.25, 0.3) is 0 Å². The van der Waals surface area contributed by atoms with Crippen LogP contribution in [0.5, 0.6) is 0 Å². The van der Waals surface area contributed by atoms with Crippen molar-refractivity contribution in [3.8, 4) is 0 Å². The number of carboxylic acids is 1. The number of anilines is 1. The Balaban J connectivity index is 2.38. The lowest BCUT2D eigenvalue weighted by Crippen LogP contribution is -2.30. The van der Waals surface area contributed by atoms with Crippen LogP contribution in [0.1, 0.15) is 12.2 Å². The second-order valence-electron chi connectivity index (χ2n) is 5.56. The molecule has 0 fully saturated rings. The van der Waals surface area contributed by atoms with Crippen molar-refractivity contribution in [3.63, 3.8) is 0 Å². The monoisotopic (exact) mass is 334 g/mol. The first kappa shape index (κ1) is 17.5. The average molecular weight is 334 g/mol. The van der Waals surface area contributed by atoms with E-state index in [1.165, 1.54) is 0 Å². The second kappa shape index (κ2) is 8.12. The molecular formula is C16H22N4O2S. The zero-order valence-electron chi connectivity index (χ0n) is 13.6. The number of fused-ring (bicyclic) bond motifs is 1. The van der Waals surface area contributed by atoms with Crippen LogP contribution in [0, 0.1) is 0 Å². The Bertz CT molecular complexity index is 678. The molecule has 6 nitrogen and oxygen atoms in total. The Morgan fingerprint density at radius 1 is 1.35 bits per heavy atom. The van der Waals surface area contributed by atoms with Gasteiger partial charge in [-0.25, -0.2) is 14.8 Å². The number of benzene rings is 1. The van der Waals surface area contributed by atoms with Crippen LogP contribution in [-0.2, 0) is 11.3 Å². The molecule has 0 amide bonds. The molecule has 124 valence electrons. The zero-order valence-corrected chi connectivity index (χ0v) is 14.4. The molecule has 0 aliphatic carbocycles. The van der Waals surface area contributed by atoms with E-state index in [4.69, 9.17) is 0 Å². The maximum atomic E-state index is 11.5. The molecule has 1 unspecified atom stereocenters. The molecule has 1 heterocycles. The fourth-order valence-corrected chi connectivity index (χ4v) is 2.72. The Labute approximate surface area is 140 Å². The predicted molar refractivity (Wildman–Crippen MR) is 95.0 cm³/mol. The van der Waals surface area contributed by atoms with Crippen LogP contribution in [0.15, 0.2) is 24.3 Å². The van der Waals surface area contributed by atoms with E-state index in [0.29, 0.717) is 24.6 Å². The summed E-state index contributed by atoms with van der Waals surface area (Å²) in [5, 5.41) is 13.4. The third-order valence-corrected chi connectivity index (χ3v) is 3.97. The first-order valence-corrected chi connectivity index (χ1v) is 8.79. The lowest BCUT2D eigenvalue weighted by molar-refractivity contribution is -0.137. The summed E-state index contributed by atoms with van der Waals surface area (Å²) in [4.78, 5) is 22.6. The molecule has 2 N–H and O–H groups in total. The molecule has 0 saturated heterocycles. The summed E-state index contributed by atoms with van der Waals surface area (Å²) >= 11 is 1.63. The van der Waals surface area contributed by atoms with Crippen molar-refractivity contribution in [2.75, 3.05) is 31.4 Å². The highest BCUT2D eigenvalue weighted by Crippen LogP contribution is 2.22. The number of hydrogen-bond donors (Lipinski definition) is 2. The quantitative estimate of drug-likeness (QED) is 0.767. The molecule has 23 heavy (non-hydrogen) atoms. The first-order valence-electron chi connectivity index (χ1n) is 7.40. The summed E-state index contributed by atoms with van der Waals surface area (Å²) in [6.45, 7) is 0.599. The summed E-state index contributed by atoms with van der Waals surface area (Å²) < 4.78 is 0. The van der Waals surface area contributed by atoms with E-state index in [9.17, 15) is 9.90 Å². The topological polar surface area (TPSA) is 78.4 Å². The van der Waals surface area contributed by atoms with Crippen LogP contribution >= 0.6 is 11.8 Å². The highest BCUT2D eigenvalue weighted by molar-refractivity contribution is 7.98. The standard InChI is InChI=1S/C16H22N4O2S/c1-20(2)10-14-17-12-7-5-4-6-11(12)15(19-14)18-13(16(21)22)8-9-23-3/h4-7,13H,8-10H2,1-3H3,(H,21,22)(H,17,18,19). The van der Waals surface area contributed by atoms with Gasteiger partial charge in [-0.1, -0.05) is 12.1 Å². The fraction of sp³-hybridized carbons (Fsp3) is 0.438. The number of aromatic nitrogens is 2. The van der Waals surface area contributed by atoms with Crippen molar-refractivity contribution in [2.45, 2.75) is 19.0 Å². The second-order valence-corrected chi connectivity index (χ2v) is 6.55. The van der Waals surface area contributed by atoms with E-state index >= 15 is 0 Å². The number of hydrogen-bond acceptors (Lipinski definition) is 6. The largest absolute Gasteiger partial charge is 0.480 e. The first-order chi connectivity index (χ1) is 11.0. The SMILES string of the molecule is CSCCC(Nc1nc(CN(C)C)nc2ccccc12)C(=O)O. The summed E-state index contributed by atoms with van der Waals surface area (Å²) in [6, 6.07) is 6.98. The van der Waals surface area contributed by atoms with Crippen LogP contribution in [-0.4, -0.2) is 58.1 Å². The van der Waals surface area contributed by atoms with Crippen molar-refractivity contribution in [3.05, 3.63) is 30.1 Å². The third-order valence-electron chi connectivity index (χ3n) is 3.33. The number of carboxylic acid groups (broad SMARTS) is 1. The number of thioether (sulfide) groups is 1. The summed E-state index contributed by atoms with van der Waals surface area (Å²) in [7, 11) is 3.90. The maximum absolute atomic E-state index is 11.5. The van der Waals surface area contributed by atoms with Gasteiger partial charge in [0.05, 0.1) is 12.1 Å². The molecule has 7 heteroatoms. The molecule has 0 aliphatic heterocycles. The number of aliphatic carboxylic acids is 1. The minimum atomic E-state index is -0.865. The Morgan fingerprint density at radius 3 is 2.74 bits per heavy atom. The van der Waals surface area contributed by atoms with Crippen molar-refractivity contribution in [2.24, 2.45) is 0 Å². The van der Waals surface area contributed by atoms with Gasteiger partial charge in [-0.05, 0) is 44.7 Å². The van der Waals surface area contributed by atoms with Crippen LogP contribution < -0.4 is 5.32 Å². The number of rotatable bonds is 8. The summed E-state index contributed by atoms with van der Waals surface area (Å²) in [5.41, 5.74) is 0.816. The molecule has 0 radical (unpaired) electrons. The van der Waals surface area contributed by atoms with Gasteiger partial charge < -0.3 is 15.3 Å². The minimum Gasteiger partial charge on any atom is -0.480 e. The van der Waals surface area contributed by atoms with Crippen LogP contribution in [0.25, 0.3) is 10.9 Å². The van der Waals surface area contributed by atoms with Crippen molar-refractivity contribution in [1.82, 2.24) is 14.9 Å². The molecule has 2 aromatic rings. The van der Waals surface area contributed by atoms with E-state index in [2.05, 4.69) is 15.3 Å².